The first-order chi connectivity index (χ1) is 12.8. The van der Waals surface area contributed by atoms with Gasteiger partial charge in [0.25, 0.3) is 0 Å². The number of alkyl halides is 3. The van der Waals surface area contributed by atoms with Crippen molar-refractivity contribution in [2.24, 2.45) is 11.7 Å². The summed E-state index contributed by atoms with van der Waals surface area (Å²) in [7, 11) is 5.97. The third kappa shape index (κ3) is 4.18. The van der Waals surface area contributed by atoms with Crippen LogP contribution in [0.1, 0.15) is 29.9 Å². The summed E-state index contributed by atoms with van der Waals surface area (Å²) in [5.74, 6) is 1.18. The van der Waals surface area contributed by atoms with Gasteiger partial charge >= 0.3 is 6.18 Å². The van der Waals surface area contributed by atoms with Crippen LogP contribution in [-0.4, -0.2) is 37.4 Å². The summed E-state index contributed by atoms with van der Waals surface area (Å²) >= 11 is 0. The number of rotatable bonds is 4. The summed E-state index contributed by atoms with van der Waals surface area (Å²) in [6, 6.07) is 5.32. The van der Waals surface area contributed by atoms with Gasteiger partial charge < -0.3 is 16.4 Å². The lowest BCUT2D eigenvalue weighted by Crippen LogP contribution is -2.40. The Hall–Kier alpha value is -2.29. The number of hydrogen-bond acceptors (Lipinski definition) is 5. The number of nitrogen functional groups attached to an aromatic ring is 1. The zero-order valence-electron chi connectivity index (χ0n) is 14.8. The van der Waals surface area contributed by atoms with Crippen molar-refractivity contribution in [2.75, 3.05) is 30.3 Å². The van der Waals surface area contributed by atoms with Gasteiger partial charge in [-0.2, -0.15) is 13.2 Å². The fourth-order valence-electron chi connectivity index (χ4n) is 3.69. The van der Waals surface area contributed by atoms with Crippen LogP contribution in [0.25, 0.3) is 0 Å². The molecule has 1 atom stereocenters. The Morgan fingerprint density at radius 1 is 1.15 bits per heavy atom. The minimum absolute atomic E-state index is 0.0160. The zero-order chi connectivity index (χ0) is 19.6. The van der Waals surface area contributed by atoms with Crippen LogP contribution < -0.4 is 21.8 Å². The van der Waals surface area contributed by atoms with E-state index in [9.17, 15) is 13.2 Å². The van der Waals surface area contributed by atoms with E-state index >= 15 is 0 Å². The van der Waals surface area contributed by atoms with Crippen molar-refractivity contribution in [2.45, 2.75) is 24.9 Å². The van der Waals surface area contributed by atoms with Crippen molar-refractivity contribution in [1.82, 2.24) is 9.97 Å². The fraction of sp³-hybridized carbons (Fsp3) is 0.444. The van der Waals surface area contributed by atoms with Gasteiger partial charge in [-0.1, -0.05) is 12.1 Å². The monoisotopic (exact) mass is 375 g/mol. The van der Waals surface area contributed by atoms with E-state index in [4.69, 9.17) is 19.3 Å². The highest BCUT2D eigenvalue weighted by molar-refractivity contribution is 6.38. The maximum Gasteiger partial charge on any atom is 0.416 e. The Kier molecular flexibility index (Phi) is 5.60. The standard InChI is InChI=1S/C18H21BF3N5/c19-15-16(24)25-10-26-17(15)27-7-5-12(6-8-27)14(9-23)11-1-3-13(4-2-11)18(20,21)22/h1-4,10,12,14H,5-9,23H2,(H2,24,25,26). The van der Waals surface area contributed by atoms with Crippen molar-refractivity contribution in [3.05, 3.63) is 41.7 Å². The molecular weight excluding hydrogens is 354 g/mol. The van der Waals surface area contributed by atoms with Gasteiger partial charge in [0.1, 0.15) is 25.8 Å². The number of aromatic nitrogens is 2. The molecule has 142 valence electrons. The van der Waals surface area contributed by atoms with E-state index in [1.807, 2.05) is 0 Å². The number of halogens is 3. The lowest BCUT2D eigenvalue weighted by Gasteiger charge is -2.37. The molecule has 1 aliphatic rings. The van der Waals surface area contributed by atoms with E-state index in [0.717, 1.165) is 43.6 Å². The molecule has 0 amide bonds. The summed E-state index contributed by atoms with van der Waals surface area (Å²) in [6.45, 7) is 1.84. The zero-order valence-corrected chi connectivity index (χ0v) is 14.8. The molecule has 27 heavy (non-hydrogen) atoms. The molecule has 2 heterocycles. The van der Waals surface area contributed by atoms with Gasteiger partial charge in [-0.05, 0) is 54.4 Å². The quantitative estimate of drug-likeness (QED) is 0.797. The lowest BCUT2D eigenvalue weighted by atomic mass is 9.79. The van der Waals surface area contributed by atoms with Gasteiger partial charge in [-0.15, -0.1) is 0 Å². The van der Waals surface area contributed by atoms with Crippen LogP contribution in [0.4, 0.5) is 24.8 Å². The van der Waals surface area contributed by atoms with E-state index in [-0.39, 0.29) is 17.7 Å². The van der Waals surface area contributed by atoms with E-state index in [1.165, 1.54) is 18.5 Å². The largest absolute Gasteiger partial charge is 0.416 e. The molecule has 4 N–H and O–H groups in total. The molecule has 3 rings (SSSR count). The van der Waals surface area contributed by atoms with Crippen LogP contribution >= 0.6 is 0 Å². The Labute approximate surface area is 157 Å². The molecule has 1 unspecified atom stereocenters. The van der Waals surface area contributed by atoms with Crippen molar-refractivity contribution < 1.29 is 13.2 Å². The van der Waals surface area contributed by atoms with Crippen molar-refractivity contribution in [3.63, 3.8) is 0 Å². The molecule has 1 aliphatic heterocycles. The second-order valence-electron chi connectivity index (χ2n) is 6.78. The number of anilines is 2. The third-order valence-electron chi connectivity index (χ3n) is 5.22. The SMILES string of the molecule is [B]c1c(N)ncnc1N1CCC(C(CN)c2ccc(C(F)(F)F)cc2)CC1. The van der Waals surface area contributed by atoms with Crippen LogP contribution in [0.15, 0.2) is 30.6 Å². The van der Waals surface area contributed by atoms with Gasteiger partial charge in [0.05, 0.1) is 5.56 Å². The van der Waals surface area contributed by atoms with Crippen LogP contribution in [0.2, 0.25) is 0 Å². The summed E-state index contributed by atoms with van der Waals surface area (Å²) in [5.41, 5.74) is 12.3. The minimum atomic E-state index is -4.33. The van der Waals surface area contributed by atoms with Crippen LogP contribution in [-0.2, 0) is 6.18 Å². The smallest absolute Gasteiger partial charge is 0.384 e. The second kappa shape index (κ2) is 7.76. The molecule has 0 spiro atoms. The van der Waals surface area contributed by atoms with E-state index < -0.39 is 11.7 Å². The maximum atomic E-state index is 12.8. The molecule has 1 aromatic carbocycles. The summed E-state index contributed by atoms with van der Waals surface area (Å²) in [4.78, 5) is 10.2. The number of nitrogens with two attached hydrogens (primary N) is 2. The first-order valence-corrected chi connectivity index (χ1v) is 8.79. The summed E-state index contributed by atoms with van der Waals surface area (Å²) in [6.07, 6.45) is -1.27. The van der Waals surface area contributed by atoms with Gasteiger partial charge in [0.15, 0.2) is 0 Å². The maximum absolute atomic E-state index is 12.8. The Bertz CT molecular complexity index is 774. The molecule has 1 fully saturated rings. The van der Waals surface area contributed by atoms with Gasteiger partial charge in [-0.25, -0.2) is 9.97 Å². The van der Waals surface area contributed by atoms with Crippen LogP contribution in [0.5, 0.6) is 0 Å². The Morgan fingerprint density at radius 2 is 1.78 bits per heavy atom. The molecule has 0 aliphatic carbocycles. The average Bonchev–Trinajstić information content (AvgIpc) is 2.65. The lowest BCUT2D eigenvalue weighted by molar-refractivity contribution is -0.137. The molecule has 2 aromatic rings. The van der Waals surface area contributed by atoms with Crippen molar-refractivity contribution >= 4 is 24.9 Å². The van der Waals surface area contributed by atoms with Crippen molar-refractivity contribution in [3.8, 4) is 0 Å². The normalized spacial score (nSPS) is 17.1. The van der Waals surface area contributed by atoms with Crippen molar-refractivity contribution in [1.29, 1.82) is 0 Å². The number of hydrogen-bond donors (Lipinski definition) is 2. The first kappa shape index (κ1) is 19.5. The van der Waals surface area contributed by atoms with E-state index in [1.54, 1.807) is 0 Å². The average molecular weight is 375 g/mol. The third-order valence-corrected chi connectivity index (χ3v) is 5.22. The van der Waals surface area contributed by atoms with Gasteiger partial charge in [-0.3, -0.25) is 0 Å². The Morgan fingerprint density at radius 3 is 2.33 bits per heavy atom. The topological polar surface area (TPSA) is 81.1 Å². The summed E-state index contributed by atoms with van der Waals surface area (Å²) < 4.78 is 38.3. The number of piperidine rings is 1. The molecule has 5 nitrogen and oxygen atoms in total. The van der Waals surface area contributed by atoms with Gasteiger partial charge in [0, 0.05) is 13.1 Å². The van der Waals surface area contributed by atoms with E-state index in [0.29, 0.717) is 17.8 Å². The highest BCUT2D eigenvalue weighted by Crippen LogP contribution is 2.35. The number of benzene rings is 1. The predicted molar refractivity (Wildman–Crippen MR) is 100 cm³/mol. The summed E-state index contributed by atoms with van der Waals surface area (Å²) in [5, 5.41) is 0. The van der Waals surface area contributed by atoms with Crippen LogP contribution in [0.3, 0.4) is 0 Å². The fourth-order valence-corrected chi connectivity index (χ4v) is 3.69. The number of nitrogens with zero attached hydrogens (tertiary/aromatic N) is 3. The molecule has 2 radical (unpaired) electrons. The van der Waals surface area contributed by atoms with Crippen LogP contribution in [0, 0.1) is 5.92 Å². The molecule has 1 saturated heterocycles. The Balaban J connectivity index is 1.69. The molecule has 1 aromatic heterocycles. The van der Waals surface area contributed by atoms with E-state index in [2.05, 4.69) is 14.9 Å². The first-order valence-electron chi connectivity index (χ1n) is 8.79. The predicted octanol–water partition coefficient (Wildman–Crippen LogP) is 1.83. The second-order valence-corrected chi connectivity index (χ2v) is 6.78. The molecule has 0 bridgehead atoms. The van der Waals surface area contributed by atoms with Gasteiger partial charge in [0.2, 0.25) is 0 Å². The molecule has 0 saturated carbocycles. The highest BCUT2D eigenvalue weighted by Gasteiger charge is 2.32. The minimum Gasteiger partial charge on any atom is -0.384 e. The molecular formula is C18H21BF3N5. The molecule has 9 heteroatoms. The highest BCUT2D eigenvalue weighted by atomic mass is 19.4.